The highest BCUT2D eigenvalue weighted by Crippen LogP contribution is 2.29. The monoisotopic (exact) mass is 365 g/mol. The first kappa shape index (κ1) is 19.5. The molecule has 2 aromatic rings. The van der Waals surface area contributed by atoms with E-state index in [0.717, 1.165) is 12.1 Å². The van der Waals surface area contributed by atoms with Crippen molar-refractivity contribution in [1.29, 1.82) is 0 Å². The highest BCUT2D eigenvalue weighted by atomic mass is 19.4. The number of alkyl halides is 3. The third-order valence-corrected chi connectivity index (χ3v) is 3.61. The smallest absolute Gasteiger partial charge is 0.416 e. The van der Waals surface area contributed by atoms with Crippen LogP contribution in [-0.2, 0) is 17.5 Å². The Balaban J connectivity index is 1.83. The summed E-state index contributed by atoms with van der Waals surface area (Å²) >= 11 is 0. The van der Waals surface area contributed by atoms with E-state index in [1.54, 1.807) is 31.2 Å². The number of benzene rings is 2. The number of carbonyl (C=O) groups is 2. The predicted octanol–water partition coefficient (Wildman–Crippen LogP) is 3.99. The maximum Gasteiger partial charge on any atom is 0.416 e. The van der Waals surface area contributed by atoms with Gasteiger partial charge in [0.2, 0.25) is 0 Å². The van der Waals surface area contributed by atoms with Crippen molar-refractivity contribution in [2.45, 2.75) is 26.1 Å². The van der Waals surface area contributed by atoms with Gasteiger partial charge in [-0.1, -0.05) is 19.1 Å². The highest BCUT2D eigenvalue weighted by molar-refractivity contribution is 5.95. The fraction of sp³-hybridized carbons (Fsp3) is 0.263. The lowest BCUT2D eigenvalue weighted by molar-refractivity contribution is -0.137. The van der Waals surface area contributed by atoms with E-state index in [1.165, 1.54) is 12.1 Å². The maximum absolute atomic E-state index is 12.6. The molecule has 0 aromatic heterocycles. The first-order valence-corrected chi connectivity index (χ1v) is 7.98. The summed E-state index contributed by atoms with van der Waals surface area (Å²) in [5.41, 5.74) is 0.145. The molecule has 138 valence electrons. The number of ketones is 1. The van der Waals surface area contributed by atoms with Gasteiger partial charge in [-0.05, 0) is 42.0 Å². The van der Waals surface area contributed by atoms with Crippen LogP contribution in [0.3, 0.4) is 0 Å². The molecule has 0 aliphatic carbocycles. The molecule has 0 spiro atoms. The summed E-state index contributed by atoms with van der Waals surface area (Å²) in [6, 6.07) is 11.2. The number of amides is 1. The minimum absolute atomic E-state index is 0.00961. The van der Waals surface area contributed by atoms with Crippen molar-refractivity contribution in [2.24, 2.45) is 0 Å². The molecule has 26 heavy (non-hydrogen) atoms. The van der Waals surface area contributed by atoms with Crippen LogP contribution in [0.25, 0.3) is 0 Å². The van der Waals surface area contributed by atoms with E-state index in [4.69, 9.17) is 4.74 Å². The van der Waals surface area contributed by atoms with Crippen LogP contribution in [0.2, 0.25) is 0 Å². The van der Waals surface area contributed by atoms with E-state index in [0.29, 0.717) is 23.3 Å². The Bertz CT molecular complexity index is 770. The fourth-order valence-corrected chi connectivity index (χ4v) is 2.20. The lowest BCUT2D eigenvalue weighted by Crippen LogP contribution is -2.28. The van der Waals surface area contributed by atoms with Gasteiger partial charge >= 0.3 is 6.18 Å². The highest BCUT2D eigenvalue weighted by Gasteiger charge is 2.30. The molecule has 1 amide bonds. The summed E-state index contributed by atoms with van der Waals surface area (Å²) in [6.07, 6.45) is -4.02. The van der Waals surface area contributed by atoms with Gasteiger partial charge in [0, 0.05) is 18.5 Å². The Morgan fingerprint density at radius 2 is 1.77 bits per heavy atom. The molecule has 0 fully saturated rings. The summed E-state index contributed by atoms with van der Waals surface area (Å²) in [5.74, 6) is -0.0293. The third kappa shape index (κ3) is 5.61. The van der Waals surface area contributed by atoms with Gasteiger partial charge in [0.1, 0.15) is 5.75 Å². The molecule has 0 aliphatic rings. The Morgan fingerprint density at radius 1 is 1.08 bits per heavy atom. The van der Waals surface area contributed by atoms with Gasteiger partial charge in [0.15, 0.2) is 12.4 Å². The molecule has 2 aromatic carbocycles. The number of hydrogen-bond acceptors (Lipinski definition) is 3. The second kappa shape index (κ2) is 8.51. The Kier molecular flexibility index (Phi) is 6.38. The van der Waals surface area contributed by atoms with Crippen LogP contribution in [0.5, 0.6) is 5.75 Å². The number of rotatable bonds is 7. The second-order valence-corrected chi connectivity index (χ2v) is 5.56. The summed E-state index contributed by atoms with van der Waals surface area (Å²) in [5, 5.41) is 2.50. The molecule has 0 heterocycles. The van der Waals surface area contributed by atoms with E-state index in [9.17, 15) is 22.8 Å². The van der Waals surface area contributed by atoms with Crippen molar-refractivity contribution >= 4 is 11.7 Å². The summed E-state index contributed by atoms with van der Waals surface area (Å²) < 4.78 is 43.2. The lowest BCUT2D eigenvalue weighted by Gasteiger charge is -2.10. The standard InChI is InChI=1S/C19H18F3NO3/c1-2-17(24)14-6-8-16(9-7-14)26-12-18(25)23-11-13-4-3-5-15(10-13)19(20,21)22/h3-10H,2,11-12H2,1H3,(H,23,25). The molecular weight excluding hydrogens is 347 g/mol. The van der Waals surface area contributed by atoms with Crippen LogP contribution in [0, 0.1) is 0 Å². The third-order valence-electron chi connectivity index (χ3n) is 3.61. The molecule has 0 bridgehead atoms. The molecule has 0 aliphatic heterocycles. The number of carbonyl (C=O) groups excluding carboxylic acids is 2. The van der Waals surface area contributed by atoms with E-state index in [2.05, 4.69) is 5.32 Å². The van der Waals surface area contributed by atoms with E-state index in [-0.39, 0.29) is 18.9 Å². The normalized spacial score (nSPS) is 11.1. The fourth-order valence-electron chi connectivity index (χ4n) is 2.20. The van der Waals surface area contributed by atoms with Crippen LogP contribution in [0.15, 0.2) is 48.5 Å². The average molecular weight is 365 g/mol. The van der Waals surface area contributed by atoms with Crippen molar-refractivity contribution in [1.82, 2.24) is 5.32 Å². The van der Waals surface area contributed by atoms with Gasteiger partial charge in [-0.3, -0.25) is 9.59 Å². The average Bonchev–Trinajstić information content (AvgIpc) is 2.64. The summed E-state index contributed by atoms with van der Waals surface area (Å²) in [7, 11) is 0. The molecule has 0 radical (unpaired) electrons. The Hall–Kier alpha value is -2.83. The molecule has 2 rings (SSSR count). The molecule has 4 nitrogen and oxygen atoms in total. The van der Waals surface area contributed by atoms with Crippen molar-refractivity contribution in [3.63, 3.8) is 0 Å². The minimum atomic E-state index is -4.42. The molecule has 0 unspecified atom stereocenters. The largest absolute Gasteiger partial charge is 0.484 e. The molecule has 7 heteroatoms. The number of ether oxygens (including phenoxy) is 1. The first-order valence-electron chi connectivity index (χ1n) is 7.98. The molecule has 0 saturated carbocycles. The van der Waals surface area contributed by atoms with Crippen LogP contribution >= 0.6 is 0 Å². The van der Waals surface area contributed by atoms with E-state index in [1.807, 2.05) is 0 Å². The Morgan fingerprint density at radius 3 is 2.38 bits per heavy atom. The van der Waals surface area contributed by atoms with Gasteiger partial charge < -0.3 is 10.1 Å². The van der Waals surface area contributed by atoms with Gasteiger partial charge in [0.25, 0.3) is 5.91 Å². The first-order chi connectivity index (χ1) is 12.3. The minimum Gasteiger partial charge on any atom is -0.484 e. The molecular formula is C19H18F3NO3. The zero-order chi connectivity index (χ0) is 19.2. The number of hydrogen-bond donors (Lipinski definition) is 1. The van der Waals surface area contributed by atoms with Gasteiger partial charge in [-0.15, -0.1) is 0 Å². The number of halogens is 3. The van der Waals surface area contributed by atoms with Crippen molar-refractivity contribution in [3.8, 4) is 5.75 Å². The SMILES string of the molecule is CCC(=O)c1ccc(OCC(=O)NCc2cccc(C(F)(F)F)c2)cc1. The second-order valence-electron chi connectivity index (χ2n) is 5.56. The molecule has 0 saturated heterocycles. The molecule has 0 atom stereocenters. The topological polar surface area (TPSA) is 55.4 Å². The quantitative estimate of drug-likeness (QED) is 0.755. The number of nitrogens with one attached hydrogen (secondary N) is 1. The zero-order valence-corrected chi connectivity index (χ0v) is 14.1. The van der Waals surface area contributed by atoms with Crippen LogP contribution in [0.1, 0.15) is 34.8 Å². The van der Waals surface area contributed by atoms with Crippen LogP contribution < -0.4 is 10.1 Å². The van der Waals surface area contributed by atoms with E-state index >= 15 is 0 Å². The van der Waals surface area contributed by atoms with Crippen molar-refractivity contribution in [2.75, 3.05) is 6.61 Å². The number of Topliss-reactive ketones (excluding diaryl/α,β-unsaturated/α-hetero) is 1. The zero-order valence-electron chi connectivity index (χ0n) is 14.1. The summed E-state index contributed by atoms with van der Waals surface area (Å²) in [4.78, 5) is 23.3. The van der Waals surface area contributed by atoms with Gasteiger partial charge in [-0.25, -0.2) is 0 Å². The van der Waals surface area contributed by atoms with Gasteiger partial charge in [0.05, 0.1) is 5.56 Å². The van der Waals surface area contributed by atoms with Crippen molar-refractivity contribution < 1.29 is 27.5 Å². The molecule has 1 N–H and O–H groups in total. The predicted molar refractivity (Wildman–Crippen MR) is 89.8 cm³/mol. The van der Waals surface area contributed by atoms with Crippen molar-refractivity contribution in [3.05, 3.63) is 65.2 Å². The van der Waals surface area contributed by atoms with Crippen LogP contribution in [0.4, 0.5) is 13.2 Å². The van der Waals surface area contributed by atoms with Crippen LogP contribution in [-0.4, -0.2) is 18.3 Å². The maximum atomic E-state index is 12.6. The van der Waals surface area contributed by atoms with E-state index < -0.39 is 17.6 Å². The van der Waals surface area contributed by atoms with Gasteiger partial charge in [-0.2, -0.15) is 13.2 Å². The summed E-state index contributed by atoms with van der Waals surface area (Å²) in [6.45, 7) is 1.46. The lowest BCUT2D eigenvalue weighted by atomic mass is 10.1. The Labute approximate surface area is 149 Å².